The highest BCUT2D eigenvalue weighted by atomic mass is 79.9. The van der Waals surface area contributed by atoms with E-state index < -0.39 is 0 Å². The van der Waals surface area contributed by atoms with Gasteiger partial charge >= 0.3 is 0 Å². The van der Waals surface area contributed by atoms with Crippen molar-refractivity contribution in [1.82, 2.24) is 5.32 Å². The minimum Gasteiger partial charge on any atom is -0.311 e. The van der Waals surface area contributed by atoms with E-state index in [2.05, 4.69) is 21.2 Å². The highest BCUT2D eigenvalue weighted by molar-refractivity contribution is 9.10. The molecule has 2 rings (SSSR count). The van der Waals surface area contributed by atoms with Gasteiger partial charge in [0.05, 0.1) is 5.38 Å². The van der Waals surface area contributed by atoms with Gasteiger partial charge in [-0.05, 0) is 23.3 Å². The Morgan fingerprint density at radius 3 is 2.58 bits per heavy atom. The average Bonchev–Trinajstić information content (AvgIpc) is 2.42. The number of benzene rings is 2. The molecule has 0 radical (unpaired) electrons. The molecule has 0 aliphatic carbocycles. The van der Waals surface area contributed by atoms with E-state index in [4.69, 9.17) is 11.6 Å². The van der Waals surface area contributed by atoms with Crippen molar-refractivity contribution in [2.75, 3.05) is 6.54 Å². The molecule has 1 nitrogen and oxygen atoms in total. The van der Waals surface area contributed by atoms with Gasteiger partial charge in [0.25, 0.3) is 0 Å². The van der Waals surface area contributed by atoms with Gasteiger partial charge in [0.1, 0.15) is 5.82 Å². The lowest BCUT2D eigenvalue weighted by molar-refractivity contribution is 0.623. The maximum Gasteiger partial charge on any atom is 0.124 e. The Balaban J connectivity index is 1.86. The number of nitrogens with one attached hydrogen (secondary N) is 1. The van der Waals surface area contributed by atoms with E-state index in [9.17, 15) is 4.39 Å². The van der Waals surface area contributed by atoms with Crippen LogP contribution in [0.25, 0.3) is 0 Å². The standard InChI is InChI=1S/C15H14BrClFN/c16-14-8-13(18)7-6-12(14)9-19-10-15(17)11-4-2-1-3-5-11/h1-8,15,19H,9-10H2. The summed E-state index contributed by atoms with van der Waals surface area (Å²) >= 11 is 9.65. The number of rotatable bonds is 5. The Labute approximate surface area is 125 Å². The van der Waals surface area contributed by atoms with E-state index in [1.165, 1.54) is 12.1 Å². The van der Waals surface area contributed by atoms with Crippen LogP contribution in [0.5, 0.6) is 0 Å². The molecule has 0 saturated heterocycles. The molecule has 0 spiro atoms. The second-order valence-corrected chi connectivity index (χ2v) is 5.63. The summed E-state index contributed by atoms with van der Waals surface area (Å²) in [5.41, 5.74) is 2.10. The predicted octanol–water partition coefficient (Wildman–Crippen LogP) is 4.66. The van der Waals surface area contributed by atoms with Crippen LogP contribution in [0.4, 0.5) is 4.39 Å². The third-order valence-corrected chi connectivity index (χ3v) is 3.96. The average molecular weight is 343 g/mol. The van der Waals surface area contributed by atoms with Crippen LogP contribution in [0.15, 0.2) is 53.0 Å². The topological polar surface area (TPSA) is 12.0 Å². The predicted molar refractivity (Wildman–Crippen MR) is 80.8 cm³/mol. The molecule has 19 heavy (non-hydrogen) atoms. The van der Waals surface area contributed by atoms with Crippen molar-refractivity contribution in [2.24, 2.45) is 0 Å². The van der Waals surface area contributed by atoms with Crippen LogP contribution in [0.1, 0.15) is 16.5 Å². The van der Waals surface area contributed by atoms with Crippen LogP contribution in [0.3, 0.4) is 0 Å². The van der Waals surface area contributed by atoms with Crippen molar-refractivity contribution >= 4 is 27.5 Å². The first-order chi connectivity index (χ1) is 9.16. The fourth-order valence-corrected chi connectivity index (χ4v) is 2.52. The molecule has 100 valence electrons. The SMILES string of the molecule is Fc1ccc(CNCC(Cl)c2ccccc2)c(Br)c1. The molecule has 2 aromatic carbocycles. The first-order valence-corrected chi connectivity index (χ1v) is 7.23. The van der Waals surface area contributed by atoms with Crippen LogP contribution in [0, 0.1) is 5.82 Å². The highest BCUT2D eigenvalue weighted by Crippen LogP contribution is 2.20. The number of hydrogen-bond acceptors (Lipinski definition) is 1. The minimum absolute atomic E-state index is 0.0691. The van der Waals surface area contributed by atoms with Gasteiger partial charge in [0.2, 0.25) is 0 Å². The van der Waals surface area contributed by atoms with Crippen molar-refractivity contribution in [3.05, 3.63) is 69.9 Å². The molecular weight excluding hydrogens is 329 g/mol. The molecule has 1 N–H and O–H groups in total. The summed E-state index contributed by atoms with van der Waals surface area (Å²) in [4.78, 5) is 0. The highest BCUT2D eigenvalue weighted by Gasteiger charge is 2.07. The summed E-state index contributed by atoms with van der Waals surface area (Å²) in [6, 6.07) is 14.6. The van der Waals surface area contributed by atoms with E-state index in [0.29, 0.717) is 13.1 Å². The zero-order valence-electron chi connectivity index (χ0n) is 10.2. The lowest BCUT2D eigenvalue weighted by atomic mass is 10.1. The van der Waals surface area contributed by atoms with E-state index in [1.807, 2.05) is 30.3 Å². The molecule has 2 aromatic rings. The van der Waals surface area contributed by atoms with Gasteiger partial charge in [-0.3, -0.25) is 0 Å². The maximum atomic E-state index is 12.9. The third-order valence-electron chi connectivity index (χ3n) is 2.82. The molecule has 0 saturated carbocycles. The summed E-state index contributed by atoms with van der Waals surface area (Å²) in [5, 5.41) is 3.21. The molecule has 0 aliphatic heterocycles. The molecule has 4 heteroatoms. The first-order valence-electron chi connectivity index (χ1n) is 6.00. The van der Waals surface area contributed by atoms with Gasteiger partial charge in [-0.2, -0.15) is 0 Å². The number of halogens is 3. The second-order valence-electron chi connectivity index (χ2n) is 4.24. The van der Waals surface area contributed by atoms with Crippen molar-refractivity contribution in [3.8, 4) is 0 Å². The largest absolute Gasteiger partial charge is 0.311 e. The maximum absolute atomic E-state index is 12.9. The van der Waals surface area contributed by atoms with Gasteiger partial charge in [0.15, 0.2) is 0 Å². The van der Waals surface area contributed by atoms with E-state index in [-0.39, 0.29) is 11.2 Å². The van der Waals surface area contributed by atoms with Gasteiger partial charge in [-0.15, -0.1) is 11.6 Å². The molecule has 1 unspecified atom stereocenters. The zero-order chi connectivity index (χ0) is 13.7. The smallest absolute Gasteiger partial charge is 0.124 e. The molecule has 0 amide bonds. The van der Waals surface area contributed by atoms with Crippen molar-refractivity contribution in [1.29, 1.82) is 0 Å². The van der Waals surface area contributed by atoms with Gasteiger partial charge < -0.3 is 5.32 Å². The van der Waals surface area contributed by atoms with Crippen LogP contribution >= 0.6 is 27.5 Å². The van der Waals surface area contributed by atoms with E-state index >= 15 is 0 Å². The molecule has 0 bridgehead atoms. The van der Waals surface area contributed by atoms with Gasteiger partial charge in [-0.25, -0.2) is 4.39 Å². The first kappa shape index (κ1) is 14.5. The Morgan fingerprint density at radius 1 is 1.16 bits per heavy atom. The van der Waals surface area contributed by atoms with Crippen molar-refractivity contribution < 1.29 is 4.39 Å². The van der Waals surface area contributed by atoms with Crippen LogP contribution < -0.4 is 5.32 Å². The van der Waals surface area contributed by atoms with Gasteiger partial charge in [-0.1, -0.05) is 52.3 Å². The Morgan fingerprint density at radius 2 is 1.89 bits per heavy atom. The molecule has 0 aromatic heterocycles. The normalized spacial score (nSPS) is 12.4. The number of hydrogen-bond donors (Lipinski definition) is 1. The fourth-order valence-electron chi connectivity index (χ4n) is 1.78. The monoisotopic (exact) mass is 341 g/mol. The fraction of sp³-hybridized carbons (Fsp3) is 0.200. The minimum atomic E-state index is -0.241. The lowest BCUT2D eigenvalue weighted by Crippen LogP contribution is -2.18. The van der Waals surface area contributed by atoms with Crippen LogP contribution in [-0.2, 0) is 6.54 Å². The quantitative estimate of drug-likeness (QED) is 0.779. The molecule has 0 fully saturated rings. The lowest BCUT2D eigenvalue weighted by Gasteiger charge is -2.12. The van der Waals surface area contributed by atoms with Crippen molar-refractivity contribution in [3.63, 3.8) is 0 Å². The number of alkyl halides is 1. The summed E-state index contributed by atoms with van der Waals surface area (Å²) in [6.07, 6.45) is 0. The molecule has 1 atom stereocenters. The zero-order valence-corrected chi connectivity index (χ0v) is 12.6. The van der Waals surface area contributed by atoms with Crippen LogP contribution in [0.2, 0.25) is 0 Å². The van der Waals surface area contributed by atoms with E-state index in [1.54, 1.807) is 6.07 Å². The summed E-state index contributed by atoms with van der Waals surface area (Å²) in [6.45, 7) is 1.31. The molecular formula is C15H14BrClFN. The Hall–Kier alpha value is -0.900. The third kappa shape index (κ3) is 4.30. The summed E-state index contributed by atoms with van der Waals surface area (Å²) < 4.78 is 13.7. The molecule has 0 heterocycles. The summed E-state index contributed by atoms with van der Waals surface area (Å²) in [5.74, 6) is -0.241. The van der Waals surface area contributed by atoms with Crippen molar-refractivity contribution in [2.45, 2.75) is 11.9 Å². The van der Waals surface area contributed by atoms with Crippen LogP contribution in [-0.4, -0.2) is 6.54 Å². The Bertz CT molecular complexity index is 533. The Kier molecular flexibility index (Phi) is 5.37. The second kappa shape index (κ2) is 7.04. The van der Waals surface area contributed by atoms with Gasteiger partial charge in [0, 0.05) is 17.6 Å². The summed E-state index contributed by atoms with van der Waals surface area (Å²) in [7, 11) is 0. The van der Waals surface area contributed by atoms with E-state index in [0.717, 1.165) is 15.6 Å². The molecule has 0 aliphatic rings.